The molecule has 1 aliphatic heterocycles. The second kappa shape index (κ2) is 7.56. The Kier molecular flexibility index (Phi) is 5.73. The largest absolute Gasteiger partial charge is 0.342 e. The Labute approximate surface area is 119 Å². The number of carbonyl (C=O) groups excluding carboxylic acids is 1. The third-order valence-electron chi connectivity index (χ3n) is 3.47. The smallest absolute Gasteiger partial charge is 0.236 e. The van der Waals surface area contributed by atoms with Crippen LogP contribution in [0.4, 0.5) is 0 Å². The molecule has 0 aliphatic carbocycles. The molecule has 2 rings (SSSR count). The lowest BCUT2D eigenvalue weighted by Gasteiger charge is -2.26. The predicted octanol–water partition coefficient (Wildman–Crippen LogP) is 2.51. The fraction of sp³-hybridized carbons (Fsp3) is 0.533. The molecule has 0 radical (unpaired) electrons. The molecule has 1 aromatic carbocycles. The summed E-state index contributed by atoms with van der Waals surface area (Å²) in [4.78, 5) is 15.2. The summed E-state index contributed by atoms with van der Waals surface area (Å²) >= 11 is 1.74. The first-order chi connectivity index (χ1) is 9.29. The number of thioether (sulfide) groups is 1. The van der Waals surface area contributed by atoms with Crippen molar-refractivity contribution < 1.29 is 4.79 Å². The number of likely N-dealkylation sites (tertiary alicyclic amines) is 1. The number of nitrogens with zero attached hydrogens (tertiary/aromatic N) is 1. The summed E-state index contributed by atoms with van der Waals surface area (Å²) in [5, 5.41) is 3.24. The fourth-order valence-electron chi connectivity index (χ4n) is 2.31. The van der Waals surface area contributed by atoms with Crippen LogP contribution in [0.1, 0.15) is 24.8 Å². The summed E-state index contributed by atoms with van der Waals surface area (Å²) in [7, 11) is 0. The van der Waals surface area contributed by atoms with Gasteiger partial charge < -0.3 is 10.2 Å². The van der Waals surface area contributed by atoms with Gasteiger partial charge in [0.25, 0.3) is 0 Å². The maximum Gasteiger partial charge on any atom is 0.236 e. The number of rotatable bonds is 5. The van der Waals surface area contributed by atoms with Crippen LogP contribution in [0.5, 0.6) is 0 Å². The van der Waals surface area contributed by atoms with E-state index in [1.165, 1.54) is 16.9 Å². The van der Waals surface area contributed by atoms with E-state index in [4.69, 9.17) is 0 Å². The molecule has 1 heterocycles. The van der Waals surface area contributed by atoms with E-state index in [0.29, 0.717) is 6.54 Å². The molecule has 1 amide bonds. The van der Waals surface area contributed by atoms with Gasteiger partial charge in [-0.3, -0.25) is 4.79 Å². The number of benzene rings is 1. The average Bonchev–Trinajstić information content (AvgIpc) is 2.49. The molecule has 1 fully saturated rings. The molecule has 4 heteroatoms. The summed E-state index contributed by atoms with van der Waals surface area (Å²) in [5.74, 6) is 0.237. The van der Waals surface area contributed by atoms with Crippen LogP contribution in [0.25, 0.3) is 0 Å². The first-order valence-electron chi connectivity index (χ1n) is 6.91. The summed E-state index contributed by atoms with van der Waals surface area (Å²) in [6.45, 7) is 3.07. The van der Waals surface area contributed by atoms with Crippen molar-refractivity contribution in [2.24, 2.45) is 0 Å². The van der Waals surface area contributed by atoms with Crippen LogP contribution in [0.15, 0.2) is 29.2 Å². The van der Waals surface area contributed by atoms with E-state index in [9.17, 15) is 4.79 Å². The highest BCUT2D eigenvalue weighted by molar-refractivity contribution is 7.98. The normalized spacial score (nSPS) is 15.5. The van der Waals surface area contributed by atoms with E-state index in [1.807, 2.05) is 4.90 Å². The lowest BCUT2D eigenvalue weighted by atomic mass is 10.1. The molecule has 1 aliphatic rings. The third-order valence-corrected chi connectivity index (χ3v) is 4.22. The molecule has 104 valence electrons. The van der Waals surface area contributed by atoms with Crippen molar-refractivity contribution in [1.29, 1.82) is 0 Å². The molecular formula is C15H22N2OS. The minimum absolute atomic E-state index is 0.237. The highest BCUT2D eigenvalue weighted by atomic mass is 32.2. The maximum absolute atomic E-state index is 11.9. The minimum Gasteiger partial charge on any atom is -0.342 e. The van der Waals surface area contributed by atoms with Gasteiger partial charge in [-0.25, -0.2) is 0 Å². The Morgan fingerprint density at radius 1 is 1.21 bits per heavy atom. The molecule has 0 bridgehead atoms. The van der Waals surface area contributed by atoms with Crippen molar-refractivity contribution >= 4 is 17.7 Å². The second-order valence-electron chi connectivity index (χ2n) is 4.89. The van der Waals surface area contributed by atoms with E-state index in [1.54, 1.807) is 11.8 Å². The zero-order chi connectivity index (χ0) is 13.5. The monoisotopic (exact) mass is 278 g/mol. The summed E-state index contributed by atoms with van der Waals surface area (Å²) in [6.07, 6.45) is 5.65. The highest BCUT2D eigenvalue weighted by Gasteiger charge is 2.15. The van der Waals surface area contributed by atoms with Gasteiger partial charge in [-0.15, -0.1) is 11.8 Å². The van der Waals surface area contributed by atoms with Gasteiger partial charge in [0.2, 0.25) is 5.91 Å². The molecule has 3 nitrogen and oxygen atoms in total. The van der Waals surface area contributed by atoms with Crippen LogP contribution >= 0.6 is 11.8 Å². The van der Waals surface area contributed by atoms with Gasteiger partial charge >= 0.3 is 0 Å². The molecule has 1 aromatic rings. The van der Waals surface area contributed by atoms with Crippen molar-refractivity contribution in [3.05, 3.63) is 29.8 Å². The van der Waals surface area contributed by atoms with Crippen LogP contribution in [-0.4, -0.2) is 36.7 Å². The third kappa shape index (κ3) is 4.55. The zero-order valence-corrected chi connectivity index (χ0v) is 12.3. The molecule has 19 heavy (non-hydrogen) atoms. The molecule has 1 N–H and O–H groups in total. The number of nitrogens with one attached hydrogen (secondary N) is 1. The van der Waals surface area contributed by atoms with Gasteiger partial charge in [0.05, 0.1) is 6.54 Å². The quantitative estimate of drug-likeness (QED) is 0.840. The van der Waals surface area contributed by atoms with E-state index in [-0.39, 0.29) is 5.91 Å². The van der Waals surface area contributed by atoms with Gasteiger partial charge in [0.1, 0.15) is 0 Å². The molecule has 0 saturated carbocycles. The van der Waals surface area contributed by atoms with Gasteiger partial charge in [0, 0.05) is 24.5 Å². The Morgan fingerprint density at radius 3 is 2.53 bits per heavy atom. The van der Waals surface area contributed by atoms with Crippen molar-refractivity contribution in [2.45, 2.75) is 30.7 Å². The minimum atomic E-state index is 0.237. The standard InChI is InChI=1S/C15H22N2OS/c1-19-14-7-5-13(6-8-14)11-16-12-15(18)17-9-3-2-4-10-17/h5-8,16H,2-4,9-12H2,1H3. The molecule has 0 aromatic heterocycles. The van der Waals surface area contributed by atoms with Gasteiger partial charge in [0.15, 0.2) is 0 Å². The average molecular weight is 278 g/mol. The van der Waals surface area contributed by atoms with Crippen molar-refractivity contribution in [3.63, 3.8) is 0 Å². The summed E-state index contributed by atoms with van der Waals surface area (Å²) in [5.41, 5.74) is 1.23. The number of piperidine rings is 1. The first kappa shape index (κ1) is 14.4. The van der Waals surface area contributed by atoms with Crippen molar-refractivity contribution in [2.75, 3.05) is 25.9 Å². The van der Waals surface area contributed by atoms with Crippen LogP contribution in [-0.2, 0) is 11.3 Å². The number of carbonyl (C=O) groups is 1. The van der Waals surface area contributed by atoms with Crippen LogP contribution in [0.3, 0.4) is 0 Å². The van der Waals surface area contributed by atoms with E-state index >= 15 is 0 Å². The lowest BCUT2D eigenvalue weighted by molar-refractivity contribution is -0.131. The van der Waals surface area contributed by atoms with Crippen molar-refractivity contribution in [1.82, 2.24) is 10.2 Å². The summed E-state index contributed by atoms with van der Waals surface area (Å²) in [6, 6.07) is 8.47. The number of amides is 1. The first-order valence-corrected chi connectivity index (χ1v) is 8.13. The summed E-state index contributed by atoms with van der Waals surface area (Å²) < 4.78 is 0. The SMILES string of the molecule is CSc1ccc(CNCC(=O)N2CCCCC2)cc1. The molecular weight excluding hydrogens is 256 g/mol. The zero-order valence-electron chi connectivity index (χ0n) is 11.5. The van der Waals surface area contributed by atoms with Gasteiger partial charge in [-0.1, -0.05) is 12.1 Å². The maximum atomic E-state index is 11.9. The number of hydrogen-bond acceptors (Lipinski definition) is 3. The van der Waals surface area contributed by atoms with Gasteiger partial charge in [-0.2, -0.15) is 0 Å². The fourth-order valence-corrected chi connectivity index (χ4v) is 2.72. The van der Waals surface area contributed by atoms with E-state index in [2.05, 4.69) is 35.8 Å². The Morgan fingerprint density at radius 2 is 1.89 bits per heavy atom. The Hall–Kier alpha value is -1.00. The van der Waals surface area contributed by atoms with Crippen LogP contribution < -0.4 is 5.32 Å². The van der Waals surface area contributed by atoms with Crippen LogP contribution in [0, 0.1) is 0 Å². The van der Waals surface area contributed by atoms with E-state index < -0.39 is 0 Å². The molecule has 0 atom stereocenters. The lowest BCUT2D eigenvalue weighted by Crippen LogP contribution is -2.40. The van der Waals surface area contributed by atoms with Crippen molar-refractivity contribution in [3.8, 4) is 0 Å². The van der Waals surface area contributed by atoms with Crippen LogP contribution in [0.2, 0.25) is 0 Å². The Balaban J connectivity index is 1.71. The molecule has 0 unspecified atom stereocenters. The van der Waals surface area contributed by atoms with Gasteiger partial charge in [-0.05, 0) is 43.2 Å². The predicted molar refractivity (Wildman–Crippen MR) is 80.4 cm³/mol. The number of hydrogen-bond donors (Lipinski definition) is 1. The Bertz CT molecular complexity index is 399. The molecule has 0 spiro atoms. The highest BCUT2D eigenvalue weighted by Crippen LogP contribution is 2.14. The second-order valence-corrected chi connectivity index (χ2v) is 5.77. The van der Waals surface area contributed by atoms with E-state index in [0.717, 1.165) is 32.5 Å². The topological polar surface area (TPSA) is 32.3 Å². The molecule has 1 saturated heterocycles.